The van der Waals surface area contributed by atoms with Crippen LogP contribution in [0.5, 0.6) is 17.2 Å². The summed E-state index contributed by atoms with van der Waals surface area (Å²) in [6.07, 6.45) is 0. The van der Waals surface area contributed by atoms with Crippen LogP contribution in [0.4, 0.5) is 5.69 Å². The highest BCUT2D eigenvalue weighted by atomic mass is 16.6. The van der Waals surface area contributed by atoms with Gasteiger partial charge in [-0.3, -0.25) is 10.1 Å². The quantitative estimate of drug-likeness (QED) is 0.413. The van der Waals surface area contributed by atoms with Crippen molar-refractivity contribution in [1.82, 2.24) is 0 Å². The van der Waals surface area contributed by atoms with Crippen LogP contribution >= 0.6 is 0 Å². The molecule has 0 spiro atoms. The Balaban J connectivity index is 2.00. The van der Waals surface area contributed by atoms with Crippen LogP contribution in [0.25, 0.3) is 11.1 Å². The first-order valence-corrected chi connectivity index (χ1v) is 8.57. The highest BCUT2D eigenvalue weighted by Gasteiger charge is 2.15. The molecule has 0 unspecified atom stereocenters. The molecule has 0 N–H and O–H groups in total. The second-order valence-electron chi connectivity index (χ2n) is 6.50. The Kier molecular flexibility index (Phi) is 5.12. The molecule has 138 valence electrons. The van der Waals surface area contributed by atoms with Crippen molar-refractivity contribution in [3.8, 4) is 28.4 Å². The summed E-state index contributed by atoms with van der Waals surface area (Å²) in [6.45, 7) is 5.65. The summed E-state index contributed by atoms with van der Waals surface area (Å²) < 4.78 is 11.6. The lowest BCUT2D eigenvalue weighted by Gasteiger charge is -2.15. The van der Waals surface area contributed by atoms with Gasteiger partial charge in [-0.2, -0.15) is 0 Å². The maximum absolute atomic E-state index is 11.0. The van der Waals surface area contributed by atoms with E-state index in [1.807, 2.05) is 49.4 Å². The summed E-state index contributed by atoms with van der Waals surface area (Å²) in [7, 11) is 1.64. The minimum Gasteiger partial charge on any atom is -0.496 e. The Bertz CT molecular complexity index is 971. The number of aryl methyl sites for hydroxylation is 3. The topological polar surface area (TPSA) is 61.6 Å². The summed E-state index contributed by atoms with van der Waals surface area (Å²) in [5.41, 5.74) is 4.63. The molecule has 0 saturated carbocycles. The fourth-order valence-corrected chi connectivity index (χ4v) is 3.02. The van der Waals surface area contributed by atoms with Gasteiger partial charge in [0.05, 0.1) is 12.0 Å². The van der Waals surface area contributed by atoms with Crippen LogP contribution in [0.1, 0.15) is 16.7 Å². The van der Waals surface area contributed by atoms with Crippen LogP contribution < -0.4 is 9.47 Å². The lowest BCUT2D eigenvalue weighted by Crippen LogP contribution is -1.96. The zero-order chi connectivity index (χ0) is 19.6. The molecule has 27 heavy (non-hydrogen) atoms. The van der Waals surface area contributed by atoms with E-state index in [0.29, 0.717) is 11.5 Å². The fraction of sp³-hybridized carbons (Fsp3) is 0.182. The van der Waals surface area contributed by atoms with Crippen LogP contribution in [0.15, 0.2) is 54.6 Å². The van der Waals surface area contributed by atoms with E-state index < -0.39 is 4.92 Å². The van der Waals surface area contributed by atoms with Crippen LogP contribution in [-0.4, -0.2) is 12.0 Å². The molecule has 3 aromatic carbocycles. The zero-order valence-corrected chi connectivity index (χ0v) is 15.8. The second-order valence-corrected chi connectivity index (χ2v) is 6.50. The van der Waals surface area contributed by atoms with Gasteiger partial charge in [0.25, 0.3) is 5.69 Å². The highest BCUT2D eigenvalue weighted by molar-refractivity contribution is 5.72. The summed E-state index contributed by atoms with van der Waals surface area (Å²) in [4.78, 5) is 10.6. The Labute approximate surface area is 158 Å². The number of nitrogens with zero attached hydrogens (tertiary/aromatic N) is 1. The van der Waals surface area contributed by atoms with Gasteiger partial charge in [0.15, 0.2) is 0 Å². The van der Waals surface area contributed by atoms with Crippen LogP contribution in [-0.2, 0) is 0 Å². The van der Waals surface area contributed by atoms with Gasteiger partial charge in [0, 0.05) is 17.7 Å². The number of nitro groups is 1. The summed E-state index contributed by atoms with van der Waals surface area (Å²) in [5, 5.41) is 11.0. The van der Waals surface area contributed by atoms with Crippen molar-refractivity contribution in [3.63, 3.8) is 0 Å². The molecular formula is C22H21NO4. The third-order valence-electron chi connectivity index (χ3n) is 4.41. The van der Waals surface area contributed by atoms with Gasteiger partial charge in [0.2, 0.25) is 0 Å². The van der Waals surface area contributed by atoms with Crippen LogP contribution in [0.3, 0.4) is 0 Å². The van der Waals surface area contributed by atoms with E-state index in [1.54, 1.807) is 21.0 Å². The van der Waals surface area contributed by atoms with Gasteiger partial charge in [-0.25, -0.2) is 0 Å². The standard InChI is InChI=1S/C22H21NO4/c1-14-5-7-17(8-6-14)20-13-19(9-10-21(20)26-4)27-22-15(2)11-18(23(24)25)12-16(22)3/h5-13H,1-4H3. The predicted octanol–water partition coefficient (Wildman–Crippen LogP) is 5.99. The van der Waals surface area contributed by atoms with Crippen molar-refractivity contribution in [2.45, 2.75) is 20.8 Å². The normalized spacial score (nSPS) is 10.5. The number of rotatable bonds is 5. The van der Waals surface area contributed by atoms with E-state index in [9.17, 15) is 10.1 Å². The molecule has 0 aliphatic rings. The first-order valence-electron chi connectivity index (χ1n) is 8.57. The first-order chi connectivity index (χ1) is 12.9. The third-order valence-corrected chi connectivity index (χ3v) is 4.41. The molecule has 0 amide bonds. The average Bonchev–Trinajstić information content (AvgIpc) is 2.65. The lowest BCUT2D eigenvalue weighted by atomic mass is 10.0. The number of methoxy groups -OCH3 is 1. The molecule has 5 heteroatoms. The molecule has 0 fully saturated rings. The average molecular weight is 363 g/mol. The minimum absolute atomic E-state index is 0.0624. The van der Waals surface area contributed by atoms with Crippen molar-refractivity contribution in [1.29, 1.82) is 0 Å². The fourth-order valence-electron chi connectivity index (χ4n) is 3.02. The predicted molar refractivity (Wildman–Crippen MR) is 106 cm³/mol. The van der Waals surface area contributed by atoms with Crippen molar-refractivity contribution >= 4 is 5.69 Å². The summed E-state index contributed by atoms with van der Waals surface area (Å²) >= 11 is 0. The highest BCUT2D eigenvalue weighted by Crippen LogP contribution is 2.37. The molecule has 0 aromatic heterocycles. The van der Waals surface area contributed by atoms with Gasteiger partial charge < -0.3 is 9.47 Å². The molecule has 0 bridgehead atoms. The Morgan fingerprint density at radius 1 is 0.889 bits per heavy atom. The molecule has 5 nitrogen and oxygen atoms in total. The molecule has 3 aromatic rings. The Morgan fingerprint density at radius 2 is 1.52 bits per heavy atom. The third kappa shape index (κ3) is 3.92. The van der Waals surface area contributed by atoms with Crippen molar-refractivity contribution in [3.05, 3.63) is 81.4 Å². The van der Waals surface area contributed by atoms with Crippen LogP contribution in [0.2, 0.25) is 0 Å². The number of non-ortho nitro benzene ring substituents is 1. The minimum atomic E-state index is -0.396. The molecule has 0 heterocycles. The van der Waals surface area contributed by atoms with Gasteiger partial charge in [-0.15, -0.1) is 0 Å². The number of hydrogen-bond acceptors (Lipinski definition) is 4. The zero-order valence-electron chi connectivity index (χ0n) is 15.8. The SMILES string of the molecule is COc1ccc(Oc2c(C)cc([N+](=O)[O-])cc2C)cc1-c1ccc(C)cc1. The van der Waals surface area contributed by atoms with Gasteiger partial charge in [-0.1, -0.05) is 29.8 Å². The Morgan fingerprint density at radius 3 is 2.07 bits per heavy atom. The number of hydrogen-bond donors (Lipinski definition) is 0. The Hall–Kier alpha value is -3.34. The maximum atomic E-state index is 11.0. The number of nitro benzene ring substituents is 1. The maximum Gasteiger partial charge on any atom is 0.270 e. The monoisotopic (exact) mass is 363 g/mol. The first kappa shape index (κ1) is 18.5. The number of benzene rings is 3. The van der Waals surface area contributed by atoms with E-state index in [0.717, 1.165) is 28.0 Å². The van der Waals surface area contributed by atoms with E-state index in [1.165, 1.54) is 17.7 Å². The molecule has 0 aliphatic heterocycles. The van der Waals surface area contributed by atoms with Crippen molar-refractivity contribution in [2.75, 3.05) is 7.11 Å². The van der Waals surface area contributed by atoms with E-state index in [-0.39, 0.29) is 5.69 Å². The molecule has 0 saturated heterocycles. The molecule has 0 radical (unpaired) electrons. The van der Waals surface area contributed by atoms with Crippen molar-refractivity contribution in [2.24, 2.45) is 0 Å². The smallest absolute Gasteiger partial charge is 0.270 e. The summed E-state index contributed by atoms with van der Waals surface area (Å²) in [6, 6.07) is 16.8. The molecule has 0 aliphatic carbocycles. The van der Waals surface area contributed by atoms with E-state index >= 15 is 0 Å². The van der Waals surface area contributed by atoms with Crippen LogP contribution in [0, 0.1) is 30.9 Å². The summed E-state index contributed by atoms with van der Waals surface area (Å²) in [5.74, 6) is 2.02. The largest absolute Gasteiger partial charge is 0.496 e. The van der Waals surface area contributed by atoms with Gasteiger partial charge >= 0.3 is 0 Å². The van der Waals surface area contributed by atoms with Gasteiger partial charge in [0.1, 0.15) is 17.2 Å². The van der Waals surface area contributed by atoms with Gasteiger partial charge in [-0.05, 0) is 55.7 Å². The second kappa shape index (κ2) is 7.50. The molecule has 3 rings (SSSR count). The number of ether oxygens (including phenoxy) is 2. The molecule has 0 atom stereocenters. The van der Waals surface area contributed by atoms with E-state index in [4.69, 9.17) is 9.47 Å². The van der Waals surface area contributed by atoms with Crippen molar-refractivity contribution < 1.29 is 14.4 Å². The molecular weight excluding hydrogens is 342 g/mol. The lowest BCUT2D eigenvalue weighted by molar-refractivity contribution is -0.385. The van der Waals surface area contributed by atoms with E-state index in [2.05, 4.69) is 0 Å².